The zero-order chi connectivity index (χ0) is 12.0. The van der Waals surface area contributed by atoms with E-state index in [0.717, 1.165) is 0 Å². The van der Waals surface area contributed by atoms with Crippen molar-refractivity contribution in [1.29, 1.82) is 0 Å². The summed E-state index contributed by atoms with van der Waals surface area (Å²) >= 11 is 0. The molecule has 0 fully saturated rings. The van der Waals surface area contributed by atoms with Crippen LogP contribution in [-0.2, 0) is 0 Å². The fraction of sp³-hybridized carbons (Fsp3) is 1.00. The molecule has 2 unspecified atom stereocenters. The Balaban J connectivity index is 5.30. The van der Waals surface area contributed by atoms with Crippen molar-refractivity contribution in [2.45, 2.75) is 66.6 Å². The summed E-state index contributed by atoms with van der Waals surface area (Å²) < 4.78 is 0. The minimum absolute atomic E-state index is 0.357. The SMILES string of the molecule is CC(C)(C)C(C)(O)C(C)(O)C(C)(C)C. The van der Waals surface area contributed by atoms with Crippen molar-refractivity contribution < 1.29 is 10.2 Å². The average molecular weight is 202 g/mol. The van der Waals surface area contributed by atoms with Crippen molar-refractivity contribution >= 4 is 0 Å². The smallest absolute Gasteiger partial charge is 0.0955 e. The highest BCUT2D eigenvalue weighted by Crippen LogP contribution is 2.46. The Morgan fingerprint density at radius 1 is 0.500 bits per heavy atom. The molecular formula is C12H26O2. The first kappa shape index (κ1) is 13.9. The minimum Gasteiger partial charge on any atom is -0.387 e. The molecule has 0 aliphatic carbocycles. The molecule has 0 aliphatic rings. The van der Waals surface area contributed by atoms with E-state index in [-0.39, 0.29) is 10.8 Å². The van der Waals surface area contributed by atoms with Gasteiger partial charge in [-0.3, -0.25) is 0 Å². The molecule has 0 aromatic rings. The van der Waals surface area contributed by atoms with Gasteiger partial charge >= 0.3 is 0 Å². The first-order valence-electron chi connectivity index (χ1n) is 5.20. The summed E-state index contributed by atoms with van der Waals surface area (Å²) in [5.74, 6) is 0. The standard InChI is InChI=1S/C12H26O2/c1-9(2,3)11(7,13)12(8,14)10(4,5)6/h13-14H,1-8H3. The molecule has 2 nitrogen and oxygen atoms in total. The maximum absolute atomic E-state index is 10.5. The Bertz CT molecular complexity index is 177. The lowest BCUT2D eigenvalue weighted by Gasteiger charge is -2.53. The fourth-order valence-electron chi connectivity index (χ4n) is 1.46. The van der Waals surface area contributed by atoms with Crippen molar-refractivity contribution in [1.82, 2.24) is 0 Å². The van der Waals surface area contributed by atoms with E-state index in [1.54, 1.807) is 13.8 Å². The Hall–Kier alpha value is -0.0800. The second-order valence-electron chi connectivity index (χ2n) is 6.64. The number of aliphatic hydroxyl groups is 2. The van der Waals surface area contributed by atoms with Crippen molar-refractivity contribution in [3.63, 3.8) is 0 Å². The molecule has 0 heterocycles. The summed E-state index contributed by atoms with van der Waals surface area (Å²) in [6.07, 6.45) is 0. The van der Waals surface area contributed by atoms with Gasteiger partial charge in [-0.1, -0.05) is 41.5 Å². The topological polar surface area (TPSA) is 40.5 Å². The monoisotopic (exact) mass is 202 g/mol. The third kappa shape index (κ3) is 1.96. The van der Waals surface area contributed by atoms with Crippen LogP contribution in [0.3, 0.4) is 0 Å². The van der Waals surface area contributed by atoms with Gasteiger partial charge in [0.15, 0.2) is 0 Å². The molecule has 2 heteroatoms. The van der Waals surface area contributed by atoms with Gasteiger partial charge in [-0.2, -0.15) is 0 Å². The van der Waals surface area contributed by atoms with Crippen LogP contribution in [0.2, 0.25) is 0 Å². The minimum atomic E-state index is -1.13. The van der Waals surface area contributed by atoms with Gasteiger partial charge in [0.1, 0.15) is 0 Å². The molecule has 0 aliphatic heterocycles. The van der Waals surface area contributed by atoms with E-state index in [4.69, 9.17) is 0 Å². The van der Waals surface area contributed by atoms with Crippen LogP contribution >= 0.6 is 0 Å². The molecule has 0 radical (unpaired) electrons. The van der Waals surface area contributed by atoms with Gasteiger partial charge in [0.2, 0.25) is 0 Å². The maximum Gasteiger partial charge on any atom is 0.0955 e. The fourth-order valence-corrected chi connectivity index (χ4v) is 1.46. The largest absolute Gasteiger partial charge is 0.387 e. The zero-order valence-corrected chi connectivity index (χ0v) is 10.9. The van der Waals surface area contributed by atoms with E-state index in [0.29, 0.717) is 0 Å². The van der Waals surface area contributed by atoms with Crippen LogP contribution in [-0.4, -0.2) is 21.4 Å². The van der Waals surface area contributed by atoms with E-state index in [1.165, 1.54) is 0 Å². The highest BCUT2D eigenvalue weighted by molar-refractivity contribution is 5.06. The van der Waals surface area contributed by atoms with Gasteiger partial charge in [0.05, 0.1) is 11.2 Å². The van der Waals surface area contributed by atoms with Crippen molar-refractivity contribution in [2.24, 2.45) is 10.8 Å². The molecule has 0 spiro atoms. The van der Waals surface area contributed by atoms with Gasteiger partial charge in [-0.15, -0.1) is 0 Å². The summed E-state index contributed by atoms with van der Waals surface area (Å²) in [4.78, 5) is 0. The molecule has 0 aromatic heterocycles. The molecule has 0 amide bonds. The maximum atomic E-state index is 10.5. The molecule has 14 heavy (non-hydrogen) atoms. The molecule has 2 atom stereocenters. The second kappa shape index (κ2) is 3.21. The first-order chi connectivity index (χ1) is 5.75. The first-order valence-corrected chi connectivity index (χ1v) is 5.20. The van der Waals surface area contributed by atoms with Crippen LogP contribution < -0.4 is 0 Å². The van der Waals surface area contributed by atoms with Crippen LogP contribution in [0.5, 0.6) is 0 Å². The van der Waals surface area contributed by atoms with Gasteiger partial charge in [0.25, 0.3) is 0 Å². The molecule has 0 aromatic carbocycles. The van der Waals surface area contributed by atoms with Gasteiger partial charge in [-0.25, -0.2) is 0 Å². The lowest BCUT2D eigenvalue weighted by Crippen LogP contribution is -2.63. The summed E-state index contributed by atoms with van der Waals surface area (Å²) in [5.41, 5.74) is -2.97. The third-order valence-electron chi connectivity index (χ3n) is 3.87. The Labute approximate surface area is 88.3 Å². The van der Waals surface area contributed by atoms with E-state index in [1.807, 2.05) is 41.5 Å². The number of hydrogen-bond donors (Lipinski definition) is 2. The lowest BCUT2D eigenvalue weighted by atomic mass is 9.59. The van der Waals surface area contributed by atoms with Gasteiger partial charge < -0.3 is 10.2 Å². The molecule has 0 saturated heterocycles. The number of hydrogen-bond acceptors (Lipinski definition) is 2. The zero-order valence-electron chi connectivity index (χ0n) is 10.9. The summed E-state index contributed by atoms with van der Waals surface area (Å²) in [6, 6.07) is 0. The highest BCUT2D eigenvalue weighted by Gasteiger charge is 2.55. The Kier molecular flexibility index (Phi) is 3.19. The van der Waals surface area contributed by atoms with E-state index < -0.39 is 11.2 Å². The summed E-state index contributed by atoms with van der Waals surface area (Å²) in [5, 5.41) is 20.9. The Morgan fingerprint density at radius 3 is 0.714 bits per heavy atom. The second-order valence-corrected chi connectivity index (χ2v) is 6.64. The molecule has 0 saturated carbocycles. The van der Waals surface area contributed by atoms with E-state index in [2.05, 4.69) is 0 Å². The summed E-state index contributed by atoms with van der Waals surface area (Å²) in [6.45, 7) is 15.0. The molecule has 0 bridgehead atoms. The molecule has 0 rings (SSSR count). The van der Waals surface area contributed by atoms with Crippen molar-refractivity contribution in [3.8, 4) is 0 Å². The van der Waals surface area contributed by atoms with Crippen LogP contribution in [0, 0.1) is 10.8 Å². The molecular weight excluding hydrogens is 176 g/mol. The van der Waals surface area contributed by atoms with Crippen LogP contribution in [0.4, 0.5) is 0 Å². The van der Waals surface area contributed by atoms with Crippen molar-refractivity contribution in [2.75, 3.05) is 0 Å². The normalized spacial score (nSPS) is 22.7. The van der Waals surface area contributed by atoms with Gasteiger partial charge in [0, 0.05) is 0 Å². The third-order valence-corrected chi connectivity index (χ3v) is 3.87. The lowest BCUT2D eigenvalue weighted by molar-refractivity contribution is -0.226. The van der Waals surface area contributed by atoms with Gasteiger partial charge in [-0.05, 0) is 24.7 Å². The quantitative estimate of drug-likeness (QED) is 0.686. The molecule has 86 valence electrons. The average Bonchev–Trinajstić information content (AvgIpc) is 1.81. The van der Waals surface area contributed by atoms with E-state index >= 15 is 0 Å². The van der Waals surface area contributed by atoms with E-state index in [9.17, 15) is 10.2 Å². The van der Waals surface area contributed by atoms with Crippen LogP contribution in [0.25, 0.3) is 0 Å². The molecule has 2 N–H and O–H groups in total. The summed E-state index contributed by atoms with van der Waals surface area (Å²) in [7, 11) is 0. The van der Waals surface area contributed by atoms with Crippen LogP contribution in [0.1, 0.15) is 55.4 Å². The highest BCUT2D eigenvalue weighted by atomic mass is 16.4. The van der Waals surface area contributed by atoms with Crippen LogP contribution in [0.15, 0.2) is 0 Å². The predicted molar refractivity (Wildman–Crippen MR) is 60.2 cm³/mol. The van der Waals surface area contributed by atoms with Crippen molar-refractivity contribution in [3.05, 3.63) is 0 Å². The Morgan fingerprint density at radius 2 is 0.643 bits per heavy atom. The predicted octanol–water partition coefficient (Wildman–Crippen LogP) is 2.58. The number of rotatable bonds is 1.